The summed E-state index contributed by atoms with van der Waals surface area (Å²) in [7, 11) is 0. The van der Waals surface area contributed by atoms with Gasteiger partial charge in [-0.3, -0.25) is 14.4 Å². The molecule has 0 saturated carbocycles. The molecule has 0 aromatic rings. The second-order valence-electron chi connectivity index (χ2n) is 12.1. The van der Waals surface area contributed by atoms with Gasteiger partial charge in [0.15, 0.2) is 0 Å². The van der Waals surface area contributed by atoms with Gasteiger partial charge in [0.05, 0.1) is 6.61 Å². The molecule has 0 spiro atoms. The largest absolute Gasteiger partial charge is 0.466 e. The van der Waals surface area contributed by atoms with E-state index in [0.717, 1.165) is 64.2 Å². The number of rotatable bonds is 29. The van der Waals surface area contributed by atoms with Crippen molar-refractivity contribution in [2.75, 3.05) is 6.61 Å². The number of carbonyl (C=O) groups excluding carboxylic acids is 3. The predicted molar refractivity (Wildman–Crippen MR) is 171 cm³/mol. The van der Waals surface area contributed by atoms with Crippen molar-refractivity contribution in [3.05, 3.63) is 0 Å². The fourth-order valence-corrected chi connectivity index (χ4v) is 4.92. The highest BCUT2D eigenvalue weighted by atomic mass is 16.6. The molecular weight excluding hydrogens is 532 g/mol. The minimum atomic E-state index is -0.748. The molecule has 0 radical (unpaired) electrons. The molecule has 0 rings (SSSR count). The maximum atomic E-state index is 12.4. The number of hydrogen-bond acceptors (Lipinski definition) is 8. The van der Waals surface area contributed by atoms with Gasteiger partial charge in [0.1, 0.15) is 24.3 Å². The Labute approximate surface area is 257 Å². The molecule has 0 aromatic heterocycles. The van der Waals surface area contributed by atoms with Crippen LogP contribution < -0.4 is 11.5 Å². The Morgan fingerprint density at radius 2 is 0.881 bits per heavy atom. The van der Waals surface area contributed by atoms with Crippen molar-refractivity contribution < 1.29 is 28.6 Å². The lowest BCUT2D eigenvalue weighted by Crippen LogP contribution is -2.42. The number of nitrogens with two attached hydrogens (primary N) is 2. The van der Waals surface area contributed by atoms with E-state index in [-0.39, 0.29) is 5.97 Å². The summed E-state index contributed by atoms with van der Waals surface area (Å²) in [6.07, 6.45) is 21.6. The van der Waals surface area contributed by atoms with E-state index in [1.54, 1.807) is 13.8 Å². The molecule has 0 saturated heterocycles. The molecule has 0 bridgehead atoms. The molecule has 0 aliphatic heterocycles. The normalized spacial score (nSPS) is 14.1. The zero-order valence-electron chi connectivity index (χ0n) is 27.7. The van der Waals surface area contributed by atoms with Gasteiger partial charge < -0.3 is 25.7 Å². The van der Waals surface area contributed by atoms with Crippen LogP contribution in [0.25, 0.3) is 0 Å². The Hall–Kier alpha value is -1.67. The Balaban J connectivity index is 4.45. The monoisotopic (exact) mass is 598 g/mol. The summed E-state index contributed by atoms with van der Waals surface area (Å²) in [5.41, 5.74) is 11.5. The summed E-state index contributed by atoms with van der Waals surface area (Å²) in [5.74, 6) is -1.08. The third-order valence-electron chi connectivity index (χ3n) is 7.67. The molecule has 0 aliphatic carbocycles. The maximum Gasteiger partial charge on any atom is 0.323 e. The van der Waals surface area contributed by atoms with Crippen molar-refractivity contribution in [2.24, 2.45) is 11.5 Å². The highest BCUT2D eigenvalue weighted by molar-refractivity contribution is 5.76. The van der Waals surface area contributed by atoms with Crippen LogP contribution in [0.1, 0.15) is 169 Å². The first-order valence-electron chi connectivity index (χ1n) is 17.3. The summed E-state index contributed by atoms with van der Waals surface area (Å²) in [5, 5.41) is 0. The smallest absolute Gasteiger partial charge is 0.323 e. The van der Waals surface area contributed by atoms with E-state index < -0.39 is 36.2 Å². The Kier molecular flexibility index (Phi) is 27.0. The average molecular weight is 599 g/mol. The van der Waals surface area contributed by atoms with E-state index in [4.69, 9.17) is 25.7 Å². The molecular formula is C34H66N2O6. The molecule has 248 valence electrons. The van der Waals surface area contributed by atoms with E-state index >= 15 is 0 Å². The van der Waals surface area contributed by atoms with Crippen LogP contribution >= 0.6 is 0 Å². The standard InChI is InChI=1S/C34H66N2O6/c1-5-7-9-11-13-14-19-23-27-40-32(37)26-22-18-15-17-21-25-31(42-34(39)29(4)36)30(41-33(38)28(3)35)24-20-16-12-10-8-6-2/h28-31H,5-27,35-36H2,1-4H3/t28-,29+,30?,31?/m1/s1. The lowest BCUT2D eigenvalue weighted by atomic mass is 9.99. The molecule has 0 fully saturated rings. The number of carbonyl (C=O) groups is 3. The minimum absolute atomic E-state index is 0.102. The number of ether oxygens (including phenoxy) is 3. The van der Waals surface area contributed by atoms with Crippen LogP contribution in [0.3, 0.4) is 0 Å². The van der Waals surface area contributed by atoms with Crippen LogP contribution in [0, 0.1) is 0 Å². The van der Waals surface area contributed by atoms with Crippen molar-refractivity contribution in [1.82, 2.24) is 0 Å². The average Bonchev–Trinajstić information content (AvgIpc) is 2.95. The molecule has 0 aromatic carbocycles. The summed E-state index contributed by atoms with van der Waals surface area (Å²) >= 11 is 0. The van der Waals surface area contributed by atoms with E-state index in [0.29, 0.717) is 25.9 Å². The van der Waals surface area contributed by atoms with Crippen molar-refractivity contribution in [3.8, 4) is 0 Å². The van der Waals surface area contributed by atoms with Gasteiger partial charge >= 0.3 is 17.9 Å². The highest BCUT2D eigenvalue weighted by Crippen LogP contribution is 2.21. The summed E-state index contributed by atoms with van der Waals surface area (Å²) < 4.78 is 16.9. The zero-order chi connectivity index (χ0) is 31.4. The highest BCUT2D eigenvalue weighted by Gasteiger charge is 2.30. The van der Waals surface area contributed by atoms with E-state index in [1.807, 2.05) is 0 Å². The van der Waals surface area contributed by atoms with Gasteiger partial charge in [-0.05, 0) is 52.4 Å². The molecule has 2 unspecified atom stereocenters. The van der Waals surface area contributed by atoms with Gasteiger partial charge in [-0.2, -0.15) is 0 Å². The molecule has 42 heavy (non-hydrogen) atoms. The fourth-order valence-electron chi connectivity index (χ4n) is 4.92. The first-order chi connectivity index (χ1) is 20.2. The topological polar surface area (TPSA) is 131 Å². The second kappa shape index (κ2) is 28.1. The molecule has 0 amide bonds. The molecule has 8 heteroatoms. The van der Waals surface area contributed by atoms with Crippen molar-refractivity contribution in [2.45, 2.75) is 193 Å². The van der Waals surface area contributed by atoms with Crippen molar-refractivity contribution >= 4 is 17.9 Å². The third kappa shape index (κ3) is 23.8. The predicted octanol–water partition coefficient (Wildman–Crippen LogP) is 7.67. The Morgan fingerprint density at radius 1 is 0.524 bits per heavy atom. The Bertz CT molecular complexity index is 670. The van der Waals surface area contributed by atoms with Gasteiger partial charge in [0.2, 0.25) is 0 Å². The third-order valence-corrected chi connectivity index (χ3v) is 7.67. The van der Waals surface area contributed by atoms with Crippen molar-refractivity contribution in [3.63, 3.8) is 0 Å². The fraction of sp³-hybridized carbons (Fsp3) is 0.912. The van der Waals surface area contributed by atoms with Crippen LogP contribution in [0.2, 0.25) is 0 Å². The van der Waals surface area contributed by atoms with Gasteiger partial charge in [-0.1, -0.05) is 110 Å². The zero-order valence-corrected chi connectivity index (χ0v) is 27.7. The van der Waals surface area contributed by atoms with Crippen LogP contribution in [-0.4, -0.2) is 48.8 Å². The van der Waals surface area contributed by atoms with E-state index in [9.17, 15) is 14.4 Å². The summed E-state index contributed by atoms with van der Waals surface area (Å²) in [6, 6.07) is -1.49. The second-order valence-corrected chi connectivity index (χ2v) is 12.1. The number of esters is 3. The molecule has 4 atom stereocenters. The SMILES string of the molecule is CCCCCCCCCCOC(=O)CCCCCCCC(OC(=O)[C@H](C)N)C(CCCCCCCC)OC(=O)[C@@H](C)N. The molecule has 4 N–H and O–H groups in total. The van der Waals surface area contributed by atoms with Gasteiger partial charge in [0.25, 0.3) is 0 Å². The molecule has 0 heterocycles. The van der Waals surface area contributed by atoms with Crippen LogP contribution in [0.4, 0.5) is 0 Å². The van der Waals surface area contributed by atoms with Gasteiger partial charge in [-0.25, -0.2) is 0 Å². The lowest BCUT2D eigenvalue weighted by Gasteiger charge is -2.28. The van der Waals surface area contributed by atoms with Crippen LogP contribution in [0.5, 0.6) is 0 Å². The number of unbranched alkanes of at least 4 members (excludes halogenated alkanes) is 16. The Morgan fingerprint density at radius 3 is 1.29 bits per heavy atom. The minimum Gasteiger partial charge on any atom is -0.466 e. The van der Waals surface area contributed by atoms with Gasteiger partial charge in [-0.15, -0.1) is 0 Å². The van der Waals surface area contributed by atoms with E-state index in [2.05, 4.69) is 13.8 Å². The first-order valence-corrected chi connectivity index (χ1v) is 17.3. The number of hydrogen-bond donors (Lipinski definition) is 2. The van der Waals surface area contributed by atoms with Crippen LogP contribution in [0.15, 0.2) is 0 Å². The van der Waals surface area contributed by atoms with Crippen LogP contribution in [-0.2, 0) is 28.6 Å². The van der Waals surface area contributed by atoms with Crippen molar-refractivity contribution in [1.29, 1.82) is 0 Å². The maximum absolute atomic E-state index is 12.4. The molecule has 0 aliphatic rings. The quantitative estimate of drug-likeness (QED) is 0.0509. The summed E-state index contributed by atoms with van der Waals surface area (Å²) in [4.78, 5) is 36.8. The molecule has 8 nitrogen and oxygen atoms in total. The van der Waals surface area contributed by atoms with E-state index in [1.165, 1.54) is 57.8 Å². The van der Waals surface area contributed by atoms with Gasteiger partial charge in [0, 0.05) is 6.42 Å². The first kappa shape index (κ1) is 40.3. The lowest BCUT2D eigenvalue weighted by molar-refractivity contribution is -0.170. The summed E-state index contributed by atoms with van der Waals surface area (Å²) in [6.45, 7) is 8.14.